The summed E-state index contributed by atoms with van der Waals surface area (Å²) in [7, 11) is 0. The Bertz CT molecular complexity index is 619. The van der Waals surface area contributed by atoms with Crippen LogP contribution in [0.15, 0.2) is 36.4 Å². The van der Waals surface area contributed by atoms with Crippen LogP contribution in [0.3, 0.4) is 0 Å². The number of hydrogen-bond donors (Lipinski definition) is 0. The highest BCUT2D eigenvalue weighted by atomic mass is 32.2. The molecule has 1 heterocycles. The van der Waals surface area contributed by atoms with Crippen molar-refractivity contribution in [1.82, 2.24) is 0 Å². The van der Waals surface area contributed by atoms with Crippen LogP contribution in [0.4, 0.5) is 0 Å². The smallest absolute Gasteiger partial charge is 0.0297 e. The Morgan fingerprint density at radius 1 is 0.857 bits per heavy atom. The van der Waals surface area contributed by atoms with Crippen LogP contribution in [0.2, 0.25) is 0 Å². The first-order valence-electron chi connectivity index (χ1n) is 8.53. The molecule has 0 bridgehead atoms. The Balaban J connectivity index is 1.58. The van der Waals surface area contributed by atoms with Crippen molar-refractivity contribution in [2.75, 3.05) is 5.75 Å². The van der Waals surface area contributed by atoms with E-state index in [2.05, 4.69) is 48.2 Å². The highest BCUT2D eigenvalue weighted by Gasteiger charge is 2.18. The number of thioether (sulfide) groups is 1. The molecule has 4 rings (SSSR count). The molecule has 0 N–H and O–H groups in total. The lowest BCUT2D eigenvalue weighted by molar-refractivity contribution is 0.547. The van der Waals surface area contributed by atoms with Gasteiger partial charge in [0.1, 0.15) is 0 Å². The van der Waals surface area contributed by atoms with E-state index in [-0.39, 0.29) is 0 Å². The zero-order valence-electron chi connectivity index (χ0n) is 12.7. The predicted molar refractivity (Wildman–Crippen MR) is 94.0 cm³/mol. The van der Waals surface area contributed by atoms with Gasteiger partial charge >= 0.3 is 0 Å². The number of fused-ring (bicyclic) bond motifs is 1. The third-order valence-electron chi connectivity index (χ3n) is 5.23. The van der Waals surface area contributed by atoms with E-state index < -0.39 is 0 Å². The molecule has 1 atom stereocenters. The molecule has 21 heavy (non-hydrogen) atoms. The minimum Gasteiger partial charge on any atom is -0.154 e. The molecular weight excluding hydrogens is 272 g/mol. The van der Waals surface area contributed by atoms with Crippen molar-refractivity contribution >= 4 is 22.5 Å². The third-order valence-corrected chi connectivity index (χ3v) is 6.66. The highest BCUT2D eigenvalue weighted by Crippen LogP contribution is 2.40. The summed E-state index contributed by atoms with van der Waals surface area (Å²) in [5.74, 6) is 2.28. The summed E-state index contributed by atoms with van der Waals surface area (Å²) in [5.41, 5.74) is 3.07. The molecule has 0 aromatic heterocycles. The van der Waals surface area contributed by atoms with Gasteiger partial charge in [0.05, 0.1) is 0 Å². The molecule has 1 aliphatic carbocycles. The normalized spacial score (nSPS) is 23.1. The maximum Gasteiger partial charge on any atom is 0.0297 e. The van der Waals surface area contributed by atoms with Gasteiger partial charge in [-0.1, -0.05) is 62.1 Å². The molecule has 1 saturated heterocycles. The molecule has 1 heteroatoms. The zero-order valence-corrected chi connectivity index (χ0v) is 13.5. The van der Waals surface area contributed by atoms with Crippen LogP contribution in [-0.4, -0.2) is 5.75 Å². The van der Waals surface area contributed by atoms with Crippen molar-refractivity contribution in [2.24, 2.45) is 5.92 Å². The highest BCUT2D eigenvalue weighted by molar-refractivity contribution is 7.99. The first kappa shape index (κ1) is 13.7. The monoisotopic (exact) mass is 296 g/mol. The number of benzene rings is 2. The van der Waals surface area contributed by atoms with Gasteiger partial charge in [0, 0.05) is 5.25 Å². The van der Waals surface area contributed by atoms with Gasteiger partial charge in [0.15, 0.2) is 0 Å². The number of hydrogen-bond acceptors (Lipinski definition) is 1. The van der Waals surface area contributed by atoms with Crippen molar-refractivity contribution in [3.8, 4) is 0 Å². The molecule has 2 fully saturated rings. The lowest BCUT2D eigenvalue weighted by atomic mass is 9.95. The standard InChI is InChI=1S/C20H24S/c1-2-5-15(4-1)12-16-7-8-18-14-19(10-9-17(18)13-16)20-6-3-11-21-20/h7-10,13-15,20H,1-6,11-12H2. The van der Waals surface area contributed by atoms with Gasteiger partial charge in [0.2, 0.25) is 0 Å². The molecular formula is C20H24S. The Morgan fingerprint density at radius 2 is 1.67 bits per heavy atom. The van der Waals surface area contributed by atoms with E-state index in [0.717, 1.165) is 11.2 Å². The summed E-state index contributed by atoms with van der Waals surface area (Å²) >= 11 is 2.13. The minimum absolute atomic E-state index is 0.743. The summed E-state index contributed by atoms with van der Waals surface area (Å²) in [6, 6.07) is 14.3. The maximum absolute atomic E-state index is 2.43. The first-order valence-corrected chi connectivity index (χ1v) is 9.57. The van der Waals surface area contributed by atoms with Crippen molar-refractivity contribution < 1.29 is 0 Å². The summed E-state index contributed by atoms with van der Waals surface area (Å²) in [4.78, 5) is 0. The molecule has 2 aromatic carbocycles. The van der Waals surface area contributed by atoms with E-state index in [1.165, 1.54) is 72.6 Å². The Kier molecular flexibility index (Phi) is 3.94. The first-order chi connectivity index (χ1) is 10.4. The van der Waals surface area contributed by atoms with Gasteiger partial charge in [-0.2, -0.15) is 11.8 Å². The van der Waals surface area contributed by atoms with Gasteiger partial charge in [-0.25, -0.2) is 0 Å². The number of rotatable bonds is 3. The van der Waals surface area contributed by atoms with E-state index in [1.807, 2.05) is 0 Å². The predicted octanol–water partition coefficient (Wildman–Crippen LogP) is 6.14. The molecule has 0 radical (unpaired) electrons. The van der Waals surface area contributed by atoms with Crippen LogP contribution in [0, 0.1) is 5.92 Å². The maximum atomic E-state index is 2.43. The lowest BCUT2D eigenvalue weighted by Gasteiger charge is -2.12. The van der Waals surface area contributed by atoms with Crippen molar-refractivity contribution in [2.45, 2.75) is 50.2 Å². The van der Waals surface area contributed by atoms with Crippen LogP contribution < -0.4 is 0 Å². The van der Waals surface area contributed by atoms with Crippen LogP contribution in [0.5, 0.6) is 0 Å². The fourth-order valence-corrected chi connectivity index (χ4v) is 5.32. The molecule has 110 valence electrons. The van der Waals surface area contributed by atoms with E-state index in [1.54, 1.807) is 0 Å². The summed E-state index contributed by atoms with van der Waals surface area (Å²) < 4.78 is 0. The molecule has 1 saturated carbocycles. The summed E-state index contributed by atoms with van der Waals surface area (Å²) in [6.07, 6.45) is 9.80. The third kappa shape index (κ3) is 2.99. The quantitative estimate of drug-likeness (QED) is 0.655. The Hall–Kier alpha value is -0.950. The van der Waals surface area contributed by atoms with Crippen LogP contribution in [0.1, 0.15) is 54.9 Å². The van der Waals surface area contributed by atoms with Crippen LogP contribution in [-0.2, 0) is 6.42 Å². The SMILES string of the molecule is c1cc2cc(C3CCCS3)ccc2cc1CC1CCCC1. The molecule has 2 aliphatic rings. The van der Waals surface area contributed by atoms with Crippen molar-refractivity contribution in [1.29, 1.82) is 0 Å². The molecule has 1 unspecified atom stereocenters. The second-order valence-electron chi connectivity index (χ2n) is 6.80. The second-order valence-corrected chi connectivity index (χ2v) is 8.11. The molecule has 2 aromatic rings. The van der Waals surface area contributed by atoms with Gasteiger partial charge in [-0.3, -0.25) is 0 Å². The van der Waals surface area contributed by atoms with E-state index in [4.69, 9.17) is 0 Å². The lowest BCUT2D eigenvalue weighted by Crippen LogP contribution is -1.98. The summed E-state index contributed by atoms with van der Waals surface area (Å²) in [5, 5.41) is 3.60. The van der Waals surface area contributed by atoms with Gasteiger partial charge < -0.3 is 0 Å². The Morgan fingerprint density at radius 3 is 2.48 bits per heavy atom. The van der Waals surface area contributed by atoms with Gasteiger partial charge in [-0.05, 0) is 52.8 Å². The van der Waals surface area contributed by atoms with Crippen LogP contribution in [0.25, 0.3) is 10.8 Å². The fourth-order valence-electron chi connectivity index (χ4n) is 4.03. The van der Waals surface area contributed by atoms with Crippen LogP contribution >= 0.6 is 11.8 Å². The molecule has 0 amide bonds. The van der Waals surface area contributed by atoms with Crippen molar-refractivity contribution in [3.05, 3.63) is 47.5 Å². The largest absolute Gasteiger partial charge is 0.154 e. The van der Waals surface area contributed by atoms with E-state index >= 15 is 0 Å². The average molecular weight is 296 g/mol. The van der Waals surface area contributed by atoms with E-state index in [9.17, 15) is 0 Å². The molecule has 0 nitrogen and oxygen atoms in total. The molecule has 1 aliphatic heterocycles. The minimum atomic E-state index is 0.743. The van der Waals surface area contributed by atoms with Gasteiger partial charge in [0.25, 0.3) is 0 Å². The Labute approximate surface area is 132 Å². The van der Waals surface area contributed by atoms with Gasteiger partial charge in [-0.15, -0.1) is 0 Å². The topological polar surface area (TPSA) is 0 Å². The average Bonchev–Trinajstić information content (AvgIpc) is 3.20. The zero-order chi connectivity index (χ0) is 14.1. The summed E-state index contributed by atoms with van der Waals surface area (Å²) in [6.45, 7) is 0. The van der Waals surface area contributed by atoms with Crippen molar-refractivity contribution in [3.63, 3.8) is 0 Å². The second kappa shape index (κ2) is 6.04. The molecule has 0 spiro atoms. The van der Waals surface area contributed by atoms with E-state index in [0.29, 0.717) is 0 Å². The fraction of sp³-hybridized carbons (Fsp3) is 0.500.